The van der Waals surface area contributed by atoms with Crippen LogP contribution >= 0.6 is 11.6 Å². The second-order valence-corrected chi connectivity index (χ2v) is 2.24. The monoisotopic (exact) mass is 165 g/mol. The van der Waals surface area contributed by atoms with Crippen molar-refractivity contribution < 1.29 is 9.90 Å². The Morgan fingerprint density at radius 3 is 2.80 bits per heavy atom. The zero-order chi connectivity index (χ0) is 7.82. The minimum absolute atomic E-state index is 0.0524. The summed E-state index contributed by atoms with van der Waals surface area (Å²) in [7, 11) is 0. The highest BCUT2D eigenvalue weighted by molar-refractivity contribution is 6.18. The topological polar surface area (TPSA) is 49.3 Å². The Bertz CT molecular complexity index is 97.7. The van der Waals surface area contributed by atoms with Crippen LogP contribution in [0, 0.1) is 0 Å². The van der Waals surface area contributed by atoms with E-state index in [4.69, 9.17) is 16.7 Å². The number of carbonyl (C=O) groups excluding carboxylic acids is 1. The molecule has 0 radical (unpaired) electrons. The minimum Gasteiger partial charge on any atom is -0.396 e. The maximum absolute atomic E-state index is 10.6. The minimum atomic E-state index is -0.0524. The lowest BCUT2D eigenvalue weighted by Crippen LogP contribution is -2.24. The van der Waals surface area contributed by atoms with E-state index >= 15 is 0 Å². The van der Waals surface area contributed by atoms with Crippen LogP contribution in [0.5, 0.6) is 0 Å². The molecule has 0 aromatic rings. The Morgan fingerprint density at radius 2 is 2.30 bits per heavy atom. The number of hydrogen-bond donors (Lipinski definition) is 2. The van der Waals surface area contributed by atoms with Crippen LogP contribution in [0.25, 0.3) is 0 Å². The van der Waals surface area contributed by atoms with Gasteiger partial charge in [-0.15, -0.1) is 11.6 Å². The van der Waals surface area contributed by atoms with Crippen molar-refractivity contribution in [1.82, 2.24) is 5.32 Å². The number of alkyl halides is 1. The van der Waals surface area contributed by atoms with Crippen LogP contribution in [0.15, 0.2) is 0 Å². The lowest BCUT2D eigenvalue weighted by molar-refractivity contribution is -0.120. The van der Waals surface area contributed by atoms with Gasteiger partial charge in [0.15, 0.2) is 0 Å². The smallest absolute Gasteiger partial charge is 0.221 e. The normalized spacial score (nSPS) is 9.40. The van der Waals surface area contributed by atoms with E-state index in [9.17, 15) is 4.79 Å². The van der Waals surface area contributed by atoms with Gasteiger partial charge in [-0.25, -0.2) is 0 Å². The van der Waals surface area contributed by atoms with Gasteiger partial charge >= 0.3 is 0 Å². The number of halogens is 1. The van der Waals surface area contributed by atoms with E-state index in [0.29, 0.717) is 25.3 Å². The van der Waals surface area contributed by atoms with Crippen molar-refractivity contribution in [3.63, 3.8) is 0 Å². The largest absolute Gasteiger partial charge is 0.396 e. The molecule has 0 saturated heterocycles. The lowest BCUT2D eigenvalue weighted by Gasteiger charge is -2.00. The van der Waals surface area contributed by atoms with E-state index in [1.54, 1.807) is 0 Å². The Balaban J connectivity index is 3.05. The SMILES string of the molecule is O=C(CCCl)NCCCO. The van der Waals surface area contributed by atoms with Crippen molar-refractivity contribution in [3.8, 4) is 0 Å². The van der Waals surface area contributed by atoms with E-state index in [0.717, 1.165) is 0 Å². The van der Waals surface area contributed by atoms with E-state index in [2.05, 4.69) is 5.32 Å². The summed E-state index contributed by atoms with van der Waals surface area (Å²) in [4.78, 5) is 10.6. The summed E-state index contributed by atoms with van der Waals surface area (Å²) in [5.41, 5.74) is 0. The van der Waals surface area contributed by atoms with Gasteiger partial charge in [0, 0.05) is 25.5 Å². The molecule has 0 rings (SSSR count). The second kappa shape index (κ2) is 6.83. The average Bonchev–Trinajstić information content (AvgIpc) is 1.89. The maximum atomic E-state index is 10.6. The van der Waals surface area contributed by atoms with Gasteiger partial charge in [-0.3, -0.25) is 4.79 Å². The first-order chi connectivity index (χ1) is 4.81. The predicted molar refractivity (Wildman–Crippen MR) is 40.0 cm³/mol. The molecular weight excluding hydrogens is 154 g/mol. The molecule has 0 spiro atoms. The Morgan fingerprint density at radius 1 is 1.60 bits per heavy atom. The number of carbonyl (C=O) groups is 1. The molecule has 0 unspecified atom stereocenters. The van der Waals surface area contributed by atoms with Crippen LogP contribution < -0.4 is 5.32 Å². The molecule has 1 amide bonds. The summed E-state index contributed by atoms with van der Waals surface area (Å²) >= 11 is 5.30. The van der Waals surface area contributed by atoms with Crippen LogP contribution in [0.1, 0.15) is 12.8 Å². The van der Waals surface area contributed by atoms with Crippen molar-refractivity contribution in [2.45, 2.75) is 12.8 Å². The number of aliphatic hydroxyl groups excluding tert-OH is 1. The highest BCUT2D eigenvalue weighted by atomic mass is 35.5. The maximum Gasteiger partial charge on any atom is 0.221 e. The summed E-state index contributed by atoms with van der Waals surface area (Å²) in [5, 5.41) is 10.9. The first-order valence-corrected chi connectivity index (χ1v) is 3.78. The number of rotatable bonds is 5. The fourth-order valence-electron chi connectivity index (χ4n) is 0.481. The second-order valence-electron chi connectivity index (χ2n) is 1.87. The molecule has 0 heterocycles. The van der Waals surface area contributed by atoms with E-state index in [-0.39, 0.29) is 12.5 Å². The molecule has 0 saturated carbocycles. The summed E-state index contributed by atoms with van der Waals surface area (Å²) < 4.78 is 0. The molecule has 4 heteroatoms. The summed E-state index contributed by atoms with van der Waals surface area (Å²) in [6, 6.07) is 0. The van der Waals surface area contributed by atoms with Gasteiger partial charge in [-0.05, 0) is 6.42 Å². The summed E-state index contributed by atoms with van der Waals surface area (Å²) in [6.45, 7) is 0.646. The quantitative estimate of drug-likeness (QED) is 0.449. The van der Waals surface area contributed by atoms with E-state index < -0.39 is 0 Å². The molecule has 0 aliphatic rings. The average molecular weight is 166 g/mol. The molecule has 10 heavy (non-hydrogen) atoms. The first kappa shape index (κ1) is 9.72. The number of hydrogen-bond acceptors (Lipinski definition) is 2. The Kier molecular flexibility index (Phi) is 6.64. The van der Waals surface area contributed by atoms with Gasteiger partial charge in [0.1, 0.15) is 0 Å². The lowest BCUT2D eigenvalue weighted by atomic mass is 10.4. The summed E-state index contributed by atoms with van der Waals surface area (Å²) in [5.74, 6) is 0.300. The van der Waals surface area contributed by atoms with Crippen LogP contribution in [0.4, 0.5) is 0 Å². The highest BCUT2D eigenvalue weighted by Gasteiger charge is 1.96. The zero-order valence-electron chi connectivity index (χ0n) is 5.77. The third kappa shape index (κ3) is 5.85. The number of nitrogens with one attached hydrogen (secondary N) is 1. The van der Waals surface area contributed by atoms with Crippen molar-refractivity contribution in [2.24, 2.45) is 0 Å². The van der Waals surface area contributed by atoms with Gasteiger partial charge in [-0.2, -0.15) is 0 Å². The fraction of sp³-hybridized carbons (Fsp3) is 0.833. The number of amides is 1. The molecule has 0 aromatic carbocycles. The molecule has 0 atom stereocenters. The fourth-order valence-corrected chi connectivity index (χ4v) is 0.653. The van der Waals surface area contributed by atoms with Crippen LogP contribution in [0.2, 0.25) is 0 Å². The van der Waals surface area contributed by atoms with Gasteiger partial charge in [0.05, 0.1) is 0 Å². The van der Waals surface area contributed by atoms with Crippen molar-refractivity contribution in [2.75, 3.05) is 19.0 Å². The standard InChI is InChI=1S/C6H12ClNO2/c7-3-2-6(10)8-4-1-5-9/h9H,1-5H2,(H,8,10). The van der Waals surface area contributed by atoms with Gasteiger partial charge in [0.2, 0.25) is 5.91 Å². The highest BCUT2D eigenvalue weighted by Crippen LogP contribution is 1.83. The predicted octanol–water partition coefficient (Wildman–Crippen LogP) is 0.114. The molecule has 0 fully saturated rings. The van der Waals surface area contributed by atoms with Crippen molar-refractivity contribution in [3.05, 3.63) is 0 Å². The van der Waals surface area contributed by atoms with Gasteiger partial charge in [0.25, 0.3) is 0 Å². The van der Waals surface area contributed by atoms with Crippen LogP contribution in [0.3, 0.4) is 0 Å². The molecule has 0 aromatic heterocycles. The molecular formula is C6H12ClNO2. The molecule has 0 aliphatic heterocycles. The molecule has 60 valence electrons. The van der Waals surface area contributed by atoms with E-state index in [1.165, 1.54) is 0 Å². The van der Waals surface area contributed by atoms with Crippen molar-refractivity contribution >= 4 is 17.5 Å². The molecule has 0 aliphatic carbocycles. The summed E-state index contributed by atoms with van der Waals surface area (Å²) in [6.07, 6.45) is 0.959. The molecule has 3 nitrogen and oxygen atoms in total. The first-order valence-electron chi connectivity index (χ1n) is 3.24. The molecule has 0 bridgehead atoms. The Labute approximate surface area is 65.4 Å². The molecule has 2 N–H and O–H groups in total. The third-order valence-corrected chi connectivity index (χ3v) is 1.17. The van der Waals surface area contributed by atoms with Gasteiger partial charge < -0.3 is 10.4 Å². The third-order valence-electron chi connectivity index (χ3n) is 0.979. The van der Waals surface area contributed by atoms with Crippen LogP contribution in [-0.2, 0) is 4.79 Å². The van der Waals surface area contributed by atoms with Crippen LogP contribution in [-0.4, -0.2) is 30.0 Å². The van der Waals surface area contributed by atoms with Gasteiger partial charge in [-0.1, -0.05) is 0 Å². The zero-order valence-corrected chi connectivity index (χ0v) is 6.52. The van der Waals surface area contributed by atoms with E-state index in [1.807, 2.05) is 0 Å². The van der Waals surface area contributed by atoms with Crippen molar-refractivity contribution in [1.29, 1.82) is 0 Å². The number of aliphatic hydroxyl groups is 1. The Hall–Kier alpha value is -0.280.